The minimum atomic E-state index is -0.204. The van der Waals surface area contributed by atoms with Crippen molar-refractivity contribution in [3.63, 3.8) is 0 Å². The molecule has 0 unspecified atom stereocenters. The highest BCUT2D eigenvalue weighted by Crippen LogP contribution is 2.20. The number of carbonyl (C=O) groups excluding carboxylic acids is 1. The van der Waals surface area contributed by atoms with Crippen molar-refractivity contribution in [2.75, 3.05) is 7.11 Å². The molecule has 0 atom stereocenters. The maximum atomic E-state index is 12.3. The molecule has 0 amide bonds. The quantitative estimate of drug-likeness (QED) is 0.818. The lowest BCUT2D eigenvalue weighted by Crippen LogP contribution is -2.08. The van der Waals surface area contributed by atoms with Gasteiger partial charge in [-0.05, 0) is 30.7 Å². The fourth-order valence-corrected chi connectivity index (χ4v) is 2.24. The third-order valence-electron chi connectivity index (χ3n) is 2.38. The highest BCUT2D eigenvalue weighted by molar-refractivity contribution is 9.10. The number of nitrogens with zero attached hydrogens (tertiary/aromatic N) is 2. The molecule has 5 heteroatoms. The molecule has 18 heavy (non-hydrogen) atoms. The number of carbonyl (C=O) groups is 1. The van der Waals surface area contributed by atoms with Crippen molar-refractivity contribution >= 4 is 21.7 Å². The van der Waals surface area contributed by atoms with E-state index in [1.54, 1.807) is 12.1 Å². The van der Waals surface area contributed by atoms with E-state index in [0.717, 1.165) is 10.0 Å². The van der Waals surface area contributed by atoms with Crippen LogP contribution in [0.25, 0.3) is 0 Å². The van der Waals surface area contributed by atoms with Crippen LogP contribution < -0.4 is 4.74 Å². The summed E-state index contributed by atoms with van der Waals surface area (Å²) in [5, 5.41) is 0. The summed E-state index contributed by atoms with van der Waals surface area (Å²) in [5.41, 5.74) is 1.77. The largest absolute Gasteiger partial charge is 0.479 e. The first-order chi connectivity index (χ1) is 8.61. The number of rotatable bonds is 3. The summed E-state index contributed by atoms with van der Waals surface area (Å²) in [6.07, 6.45) is 2.96. The van der Waals surface area contributed by atoms with E-state index in [4.69, 9.17) is 4.74 Å². The van der Waals surface area contributed by atoms with Gasteiger partial charge >= 0.3 is 0 Å². The fraction of sp³-hybridized carbons (Fsp3) is 0.154. The molecule has 1 heterocycles. The standard InChI is InChI=1S/C13H11BrN2O2/c1-8-5-9(7-10(14)6-8)12(17)11-13(18-2)16-4-3-15-11/h3-7H,1-2H3. The SMILES string of the molecule is COc1nccnc1C(=O)c1cc(C)cc(Br)c1. The van der Waals surface area contributed by atoms with Crippen molar-refractivity contribution in [2.24, 2.45) is 0 Å². The summed E-state index contributed by atoms with van der Waals surface area (Å²) in [6.45, 7) is 1.93. The number of hydrogen-bond acceptors (Lipinski definition) is 4. The molecule has 0 N–H and O–H groups in total. The third kappa shape index (κ3) is 2.56. The predicted octanol–water partition coefficient (Wildman–Crippen LogP) is 2.79. The van der Waals surface area contributed by atoms with Gasteiger partial charge in [-0.1, -0.05) is 15.9 Å². The molecule has 0 aliphatic heterocycles. The summed E-state index contributed by atoms with van der Waals surface area (Å²) >= 11 is 3.37. The maximum absolute atomic E-state index is 12.3. The van der Waals surface area contributed by atoms with Gasteiger partial charge in [0, 0.05) is 22.4 Å². The van der Waals surface area contributed by atoms with Crippen molar-refractivity contribution in [3.8, 4) is 5.88 Å². The monoisotopic (exact) mass is 306 g/mol. The Labute approximate surface area is 113 Å². The molecule has 1 aromatic heterocycles. The first kappa shape index (κ1) is 12.7. The van der Waals surface area contributed by atoms with Crippen molar-refractivity contribution in [1.29, 1.82) is 0 Å². The van der Waals surface area contributed by atoms with Gasteiger partial charge in [-0.15, -0.1) is 0 Å². The van der Waals surface area contributed by atoms with Gasteiger partial charge in [0.05, 0.1) is 7.11 Å². The topological polar surface area (TPSA) is 52.1 Å². The van der Waals surface area contributed by atoms with E-state index in [1.807, 2.05) is 13.0 Å². The molecule has 0 radical (unpaired) electrons. The summed E-state index contributed by atoms with van der Waals surface area (Å²) < 4.78 is 5.90. The van der Waals surface area contributed by atoms with Crippen LogP contribution in [0.5, 0.6) is 5.88 Å². The number of halogens is 1. The van der Waals surface area contributed by atoms with E-state index < -0.39 is 0 Å². The van der Waals surface area contributed by atoms with E-state index in [-0.39, 0.29) is 17.4 Å². The van der Waals surface area contributed by atoms with Crippen LogP contribution in [-0.2, 0) is 0 Å². The minimum Gasteiger partial charge on any atom is -0.479 e. The fourth-order valence-electron chi connectivity index (χ4n) is 1.63. The van der Waals surface area contributed by atoms with Crippen molar-refractivity contribution in [2.45, 2.75) is 6.92 Å². The van der Waals surface area contributed by atoms with Gasteiger partial charge in [-0.3, -0.25) is 4.79 Å². The molecular formula is C13H11BrN2O2. The van der Waals surface area contributed by atoms with Gasteiger partial charge in [0.15, 0.2) is 5.69 Å². The molecule has 0 saturated carbocycles. The summed E-state index contributed by atoms with van der Waals surface area (Å²) in [7, 11) is 1.47. The van der Waals surface area contributed by atoms with E-state index in [0.29, 0.717) is 5.56 Å². The van der Waals surface area contributed by atoms with Gasteiger partial charge in [-0.2, -0.15) is 0 Å². The number of aromatic nitrogens is 2. The minimum absolute atomic E-state index is 0.204. The van der Waals surface area contributed by atoms with Gasteiger partial charge in [-0.25, -0.2) is 9.97 Å². The Bertz CT molecular complexity index is 579. The van der Waals surface area contributed by atoms with Crippen LogP contribution in [-0.4, -0.2) is 22.9 Å². The maximum Gasteiger partial charge on any atom is 0.243 e. The van der Waals surface area contributed by atoms with Gasteiger partial charge < -0.3 is 4.74 Å². The lowest BCUT2D eigenvalue weighted by atomic mass is 10.1. The zero-order valence-electron chi connectivity index (χ0n) is 9.98. The van der Waals surface area contributed by atoms with Crippen molar-refractivity contribution < 1.29 is 9.53 Å². The molecular weight excluding hydrogens is 296 g/mol. The Balaban J connectivity index is 2.47. The Hall–Kier alpha value is -1.75. The number of methoxy groups -OCH3 is 1. The van der Waals surface area contributed by atoms with E-state index in [2.05, 4.69) is 25.9 Å². The zero-order valence-corrected chi connectivity index (χ0v) is 11.6. The van der Waals surface area contributed by atoms with Crippen LogP contribution in [0.3, 0.4) is 0 Å². The highest BCUT2D eigenvalue weighted by Gasteiger charge is 2.17. The van der Waals surface area contributed by atoms with Crippen LogP contribution >= 0.6 is 15.9 Å². The van der Waals surface area contributed by atoms with Crippen molar-refractivity contribution in [3.05, 3.63) is 51.9 Å². The van der Waals surface area contributed by atoms with E-state index in [1.165, 1.54) is 19.5 Å². The summed E-state index contributed by atoms with van der Waals surface area (Å²) in [6, 6.07) is 5.50. The van der Waals surface area contributed by atoms with E-state index in [9.17, 15) is 4.79 Å². The lowest BCUT2D eigenvalue weighted by molar-refractivity contribution is 0.103. The summed E-state index contributed by atoms with van der Waals surface area (Å²) in [5.74, 6) is 0.0319. The Morgan fingerprint density at radius 1 is 1.22 bits per heavy atom. The third-order valence-corrected chi connectivity index (χ3v) is 2.84. The van der Waals surface area contributed by atoms with Gasteiger partial charge in [0.1, 0.15) is 0 Å². The molecule has 0 bridgehead atoms. The Morgan fingerprint density at radius 3 is 2.61 bits per heavy atom. The number of hydrogen-bond donors (Lipinski definition) is 0. The Kier molecular flexibility index (Phi) is 3.72. The zero-order chi connectivity index (χ0) is 13.1. The van der Waals surface area contributed by atoms with Crippen molar-refractivity contribution in [1.82, 2.24) is 9.97 Å². The average molecular weight is 307 g/mol. The highest BCUT2D eigenvalue weighted by atomic mass is 79.9. The summed E-state index contributed by atoms with van der Waals surface area (Å²) in [4.78, 5) is 20.3. The van der Waals surface area contributed by atoms with Crippen LogP contribution in [0.1, 0.15) is 21.6 Å². The Morgan fingerprint density at radius 2 is 1.94 bits per heavy atom. The van der Waals surface area contributed by atoms with Crippen LogP contribution in [0, 0.1) is 6.92 Å². The predicted molar refractivity (Wildman–Crippen MR) is 70.9 cm³/mol. The molecule has 0 spiro atoms. The molecule has 0 fully saturated rings. The van der Waals surface area contributed by atoms with Crippen LogP contribution in [0.15, 0.2) is 35.1 Å². The normalized spacial score (nSPS) is 10.2. The second-order valence-electron chi connectivity index (χ2n) is 3.76. The number of ketones is 1. The van der Waals surface area contributed by atoms with Crippen LogP contribution in [0.2, 0.25) is 0 Å². The number of aryl methyl sites for hydroxylation is 1. The van der Waals surface area contributed by atoms with Crippen LogP contribution in [0.4, 0.5) is 0 Å². The number of benzene rings is 1. The molecule has 1 aromatic carbocycles. The molecule has 4 nitrogen and oxygen atoms in total. The molecule has 92 valence electrons. The number of ether oxygens (including phenoxy) is 1. The van der Waals surface area contributed by atoms with Gasteiger partial charge in [0.2, 0.25) is 11.7 Å². The lowest BCUT2D eigenvalue weighted by Gasteiger charge is -2.06. The smallest absolute Gasteiger partial charge is 0.243 e. The molecule has 0 aliphatic carbocycles. The molecule has 0 aliphatic rings. The molecule has 2 aromatic rings. The second-order valence-corrected chi connectivity index (χ2v) is 4.68. The molecule has 2 rings (SSSR count). The second kappa shape index (κ2) is 5.27. The average Bonchev–Trinajstić information content (AvgIpc) is 2.36. The first-order valence-corrected chi connectivity index (χ1v) is 6.08. The first-order valence-electron chi connectivity index (χ1n) is 5.28. The van der Waals surface area contributed by atoms with E-state index >= 15 is 0 Å². The molecule has 0 saturated heterocycles. The van der Waals surface area contributed by atoms with Gasteiger partial charge in [0.25, 0.3) is 0 Å².